The van der Waals surface area contributed by atoms with Gasteiger partial charge in [0.1, 0.15) is 6.04 Å². The zero-order chi connectivity index (χ0) is 14.0. The van der Waals surface area contributed by atoms with Gasteiger partial charge < -0.3 is 20.1 Å². The van der Waals surface area contributed by atoms with Gasteiger partial charge in [-0.15, -0.1) is 0 Å². The van der Waals surface area contributed by atoms with Crippen LogP contribution in [0.2, 0.25) is 0 Å². The number of carbonyl (C=O) groups is 2. The number of hydrogen-bond acceptors (Lipinski definition) is 5. The number of rotatable bonds is 9. The van der Waals surface area contributed by atoms with Gasteiger partial charge in [-0.1, -0.05) is 19.1 Å². The van der Waals surface area contributed by atoms with Crippen molar-refractivity contribution in [3.05, 3.63) is 12.2 Å². The Morgan fingerprint density at radius 3 is 2.37 bits per heavy atom. The first-order valence-electron chi connectivity index (χ1n) is 5.78. The van der Waals surface area contributed by atoms with Crippen LogP contribution >= 0.6 is 0 Å². The second-order valence-corrected chi connectivity index (χ2v) is 3.71. The molecule has 0 aromatic carbocycles. The number of hydrogen-bond donors (Lipinski definition) is 1. The molecule has 0 aliphatic carbocycles. The number of aliphatic imine (C=N–C) groups is 1. The Hall–Kier alpha value is -0.590. The number of nitrogens with zero attached hydrogens (tertiary/aromatic N) is 1. The molecule has 0 saturated carbocycles. The summed E-state index contributed by atoms with van der Waals surface area (Å²) in [4.78, 5) is 24.4. The minimum absolute atomic E-state index is 0. The zero-order valence-electron chi connectivity index (χ0n) is 11.0. The van der Waals surface area contributed by atoms with E-state index in [1.807, 2.05) is 19.1 Å². The van der Waals surface area contributed by atoms with Gasteiger partial charge in [0.2, 0.25) is 0 Å². The van der Waals surface area contributed by atoms with E-state index in [4.69, 9.17) is 5.11 Å². The van der Waals surface area contributed by atoms with Crippen LogP contribution in [0.4, 0.5) is 0 Å². The van der Waals surface area contributed by atoms with E-state index in [0.29, 0.717) is 6.42 Å². The Bertz CT molecular complexity index is 341. The topological polar surface area (TPSA) is 113 Å². The van der Waals surface area contributed by atoms with Crippen molar-refractivity contribution in [1.29, 1.82) is 0 Å². The molecule has 0 rings (SSSR count). The Kier molecular flexibility index (Phi) is 13.6. The molecule has 0 aromatic heterocycles. The van der Waals surface area contributed by atoms with Gasteiger partial charge >= 0.3 is 43.7 Å². The maximum atomic E-state index is 11.3. The van der Waals surface area contributed by atoms with Crippen LogP contribution in [0, 0.1) is 0 Å². The SMILES string of the molecule is CC/C=C/CCC([O-])=N[C@@H](CCC(=O)[O-])C(=O)O.[Ca+2]. The summed E-state index contributed by atoms with van der Waals surface area (Å²) in [5.41, 5.74) is 0. The monoisotopic (exact) mass is 295 g/mol. The third-order valence-corrected chi connectivity index (χ3v) is 2.13. The minimum Gasteiger partial charge on any atom is -0.862 e. The Labute approximate surface area is 142 Å². The fourth-order valence-corrected chi connectivity index (χ4v) is 1.23. The quantitative estimate of drug-likeness (QED) is 0.256. The molecule has 0 fully saturated rings. The maximum Gasteiger partial charge on any atom is 2.00 e. The van der Waals surface area contributed by atoms with Gasteiger partial charge in [0.25, 0.3) is 0 Å². The third kappa shape index (κ3) is 12.2. The Morgan fingerprint density at radius 1 is 1.26 bits per heavy atom. The van der Waals surface area contributed by atoms with Crippen molar-refractivity contribution in [2.75, 3.05) is 0 Å². The number of carboxylic acids is 2. The Morgan fingerprint density at radius 2 is 1.89 bits per heavy atom. The van der Waals surface area contributed by atoms with Crippen molar-refractivity contribution in [1.82, 2.24) is 0 Å². The van der Waals surface area contributed by atoms with Gasteiger partial charge in [-0.05, 0) is 38.0 Å². The molecule has 0 unspecified atom stereocenters. The van der Waals surface area contributed by atoms with Crippen molar-refractivity contribution in [3.63, 3.8) is 0 Å². The van der Waals surface area contributed by atoms with Crippen LogP contribution in [0.1, 0.15) is 39.0 Å². The van der Waals surface area contributed by atoms with Gasteiger partial charge in [-0.2, -0.15) is 0 Å². The molecule has 0 radical (unpaired) electrons. The number of aliphatic carboxylic acids is 2. The minimum atomic E-state index is -1.35. The van der Waals surface area contributed by atoms with Crippen LogP contribution < -0.4 is 10.2 Å². The van der Waals surface area contributed by atoms with Crippen molar-refractivity contribution < 1.29 is 24.9 Å². The summed E-state index contributed by atoms with van der Waals surface area (Å²) in [7, 11) is 0. The van der Waals surface area contributed by atoms with Crippen molar-refractivity contribution in [3.8, 4) is 0 Å². The molecule has 0 bridgehead atoms. The molecule has 0 spiro atoms. The summed E-state index contributed by atoms with van der Waals surface area (Å²) in [5.74, 6) is -3.18. The maximum absolute atomic E-state index is 11.3. The fraction of sp³-hybridized carbons (Fsp3) is 0.583. The normalized spacial score (nSPS) is 13.0. The third-order valence-electron chi connectivity index (χ3n) is 2.13. The number of allylic oxidation sites excluding steroid dienone is 2. The molecule has 0 amide bonds. The standard InChI is InChI=1S/C12H19NO5.Ca/c1-2-3-4-5-6-10(14)13-9(12(17)18)7-8-11(15)16;/h3-4,9H,2,5-8H2,1H3,(H,13,14)(H,15,16)(H,17,18);/q;+2/p-2/b4-3+;/t9-;/m0./s1. The van der Waals surface area contributed by atoms with Crippen LogP contribution in [-0.2, 0) is 9.59 Å². The molecular formula is C12H17CaNO5. The molecule has 1 atom stereocenters. The first-order valence-corrected chi connectivity index (χ1v) is 5.78. The Balaban J connectivity index is 0. The molecule has 19 heavy (non-hydrogen) atoms. The van der Waals surface area contributed by atoms with E-state index in [2.05, 4.69) is 4.99 Å². The molecular weight excluding hydrogens is 278 g/mol. The first-order chi connectivity index (χ1) is 8.47. The van der Waals surface area contributed by atoms with E-state index in [1.165, 1.54) is 0 Å². The van der Waals surface area contributed by atoms with Crippen LogP contribution in [0.3, 0.4) is 0 Å². The van der Waals surface area contributed by atoms with Crippen LogP contribution in [0.5, 0.6) is 0 Å². The van der Waals surface area contributed by atoms with E-state index in [-0.39, 0.29) is 50.6 Å². The second kappa shape index (κ2) is 12.4. The summed E-state index contributed by atoms with van der Waals surface area (Å²) >= 11 is 0. The van der Waals surface area contributed by atoms with E-state index >= 15 is 0 Å². The van der Waals surface area contributed by atoms with Crippen molar-refractivity contribution in [2.45, 2.75) is 45.1 Å². The van der Waals surface area contributed by atoms with Crippen LogP contribution in [0.15, 0.2) is 17.1 Å². The van der Waals surface area contributed by atoms with Crippen molar-refractivity contribution >= 4 is 55.6 Å². The first kappa shape index (κ1) is 20.7. The summed E-state index contributed by atoms with van der Waals surface area (Å²) in [6.45, 7) is 1.96. The zero-order valence-corrected chi connectivity index (χ0v) is 13.2. The van der Waals surface area contributed by atoms with E-state index < -0.39 is 30.3 Å². The smallest absolute Gasteiger partial charge is 0.862 e. The largest absolute Gasteiger partial charge is 2.00 e. The van der Waals surface area contributed by atoms with E-state index in [9.17, 15) is 19.8 Å². The van der Waals surface area contributed by atoms with Gasteiger partial charge in [0.15, 0.2) is 0 Å². The number of carbonyl (C=O) groups excluding carboxylic acids is 1. The van der Waals surface area contributed by atoms with Crippen molar-refractivity contribution in [2.24, 2.45) is 4.99 Å². The predicted molar refractivity (Wildman–Crippen MR) is 67.5 cm³/mol. The molecule has 1 N–H and O–H groups in total. The van der Waals surface area contributed by atoms with Gasteiger partial charge in [-0.3, -0.25) is 4.99 Å². The van der Waals surface area contributed by atoms with Gasteiger partial charge in [0, 0.05) is 5.97 Å². The molecule has 0 saturated heterocycles. The molecule has 102 valence electrons. The average molecular weight is 295 g/mol. The average Bonchev–Trinajstić information content (AvgIpc) is 2.29. The fourth-order valence-electron chi connectivity index (χ4n) is 1.23. The number of carboxylic acid groups (broad SMARTS) is 2. The van der Waals surface area contributed by atoms with E-state index in [0.717, 1.165) is 6.42 Å². The molecule has 0 aliphatic heterocycles. The van der Waals surface area contributed by atoms with Crippen LogP contribution in [0.25, 0.3) is 0 Å². The second-order valence-electron chi connectivity index (χ2n) is 3.71. The van der Waals surface area contributed by atoms with Crippen LogP contribution in [-0.4, -0.2) is 66.7 Å². The van der Waals surface area contributed by atoms with Gasteiger partial charge in [0.05, 0.1) is 0 Å². The predicted octanol–water partition coefficient (Wildman–Crippen LogP) is -0.906. The molecule has 6 nitrogen and oxygen atoms in total. The molecule has 0 aromatic rings. The molecule has 0 heterocycles. The molecule has 7 heteroatoms. The summed E-state index contributed by atoms with van der Waals surface area (Å²) in [6.07, 6.45) is 4.57. The van der Waals surface area contributed by atoms with E-state index in [1.54, 1.807) is 0 Å². The van der Waals surface area contributed by atoms with Gasteiger partial charge in [-0.25, -0.2) is 4.79 Å². The summed E-state index contributed by atoms with van der Waals surface area (Å²) in [6, 6.07) is -1.30. The molecule has 0 aliphatic rings. The summed E-state index contributed by atoms with van der Waals surface area (Å²) in [5, 5.41) is 30.3. The summed E-state index contributed by atoms with van der Waals surface area (Å²) < 4.78 is 0.